The van der Waals surface area contributed by atoms with E-state index in [9.17, 15) is 13.2 Å². The monoisotopic (exact) mass is 423 g/mol. The Morgan fingerprint density at radius 2 is 1.70 bits per heavy atom. The topological polar surface area (TPSA) is 79.4 Å². The molecule has 156 valence electrons. The van der Waals surface area contributed by atoms with Gasteiger partial charge >= 0.3 is 0 Å². The Morgan fingerprint density at radius 1 is 0.967 bits per heavy atom. The fraction of sp³-hybridized carbons (Fsp3) is 0.217. The third-order valence-corrected chi connectivity index (χ3v) is 6.22. The van der Waals surface area contributed by atoms with Gasteiger partial charge in [0.2, 0.25) is 10.0 Å². The first-order valence-corrected chi connectivity index (χ1v) is 11.2. The van der Waals surface area contributed by atoms with Gasteiger partial charge in [0, 0.05) is 23.8 Å². The van der Waals surface area contributed by atoms with Crippen LogP contribution in [0.2, 0.25) is 0 Å². The third-order valence-electron chi connectivity index (χ3n) is 4.68. The lowest BCUT2D eigenvalue weighted by molar-refractivity contribution is 0.0980. The number of hydrogen-bond donors (Lipinski definition) is 1. The summed E-state index contributed by atoms with van der Waals surface area (Å²) in [7, 11) is -3.81. The van der Waals surface area contributed by atoms with Crippen molar-refractivity contribution in [2.24, 2.45) is 0 Å². The minimum atomic E-state index is -3.81. The summed E-state index contributed by atoms with van der Waals surface area (Å²) in [5.74, 6) is -0.286. The summed E-state index contributed by atoms with van der Waals surface area (Å²) in [5.41, 5.74) is 1.81. The maximum atomic E-state index is 13.2. The van der Waals surface area contributed by atoms with Crippen molar-refractivity contribution in [2.45, 2.75) is 37.8 Å². The molecule has 3 aromatic rings. The molecule has 0 aliphatic heterocycles. The first-order chi connectivity index (χ1) is 14.3. The number of nitrogens with one attached hydrogen (secondary N) is 1. The molecule has 0 fully saturated rings. The average Bonchev–Trinajstić information content (AvgIpc) is 2.75. The zero-order chi connectivity index (χ0) is 21.7. The molecular weight excluding hydrogens is 398 g/mol. The Labute approximate surface area is 177 Å². The SMILES string of the molecule is CC(NS(=O)(=O)c1cccc(C(=O)N(c2cccnc2)C(C)C)c1)c1ccccc1. The second kappa shape index (κ2) is 9.19. The molecule has 3 rings (SSSR count). The van der Waals surface area contributed by atoms with Gasteiger partial charge in [0.25, 0.3) is 5.91 Å². The van der Waals surface area contributed by atoms with Crippen LogP contribution in [0.1, 0.15) is 42.7 Å². The van der Waals surface area contributed by atoms with E-state index >= 15 is 0 Å². The highest BCUT2D eigenvalue weighted by Gasteiger charge is 2.24. The zero-order valence-corrected chi connectivity index (χ0v) is 18.0. The fourth-order valence-electron chi connectivity index (χ4n) is 3.19. The molecule has 1 unspecified atom stereocenters. The molecule has 0 spiro atoms. The zero-order valence-electron chi connectivity index (χ0n) is 17.2. The Kier molecular flexibility index (Phi) is 6.64. The standard InChI is InChI=1S/C23H25N3O3S/c1-17(2)26(21-12-8-14-24-16-21)23(27)20-11-7-13-22(15-20)30(28,29)25-18(3)19-9-5-4-6-10-19/h4-18,25H,1-3H3. The lowest BCUT2D eigenvalue weighted by atomic mass is 10.1. The van der Waals surface area contributed by atoms with Crippen LogP contribution in [0.15, 0.2) is 84.0 Å². The van der Waals surface area contributed by atoms with E-state index in [0.717, 1.165) is 5.56 Å². The summed E-state index contributed by atoms with van der Waals surface area (Å²) in [6, 6.07) is 18.4. The minimum absolute atomic E-state index is 0.0472. The number of aromatic nitrogens is 1. The van der Waals surface area contributed by atoms with Crippen molar-refractivity contribution in [3.05, 3.63) is 90.3 Å². The number of rotatable bonds is 7. The van der Waals surface area contributed by atoms with Gasteiger partial charge in [-0.25, -0.2) is 13.1 Å². The van der Waals surface area contributed by atoms with Gasteiger partial charge < -0.3 is 4.90 Å². The Hall–Kier alpha value is -3.03. The molecule has 0 saturated carbocycles. The van der Waals surface area contributed by atoms with Gasteiger partial charge in [-0.15, -0.1) is 0 Å². The van der Waals surface area contributed by atoms with Crippen LogP contribution in [-0.2, 0) is 10.0 Å². The number of anilines is 1. The third kappa shape index (κ3) is 4.93. The van der Waals surface area contributed by atoms with Gasteiger partial charge in [-0.3, -0.25) is 9.78 Å². The summed E-state index contributed by atoms with van der Waals surface area (Å²) in [6.45, 7) is 5.58. The van der Waals surface area contributed by atoms with Crippen molar-refractivity contribution in [1.82, 2.24) is 9.71 Å². The van der Waals surface area contributed by atoms with Crippen LogP contribution in [0.4, 0.5) is 5.69 Å². The summed E-state index contributed by atoms with van der Waals surface area (Å²) >= 11 is 0. The lowest BCUT2D eigenvalue weighted by Gasteiger charge is -2.26. The van der Waals surface area contributed by atoms with E-state index in [1.165, 1.54) is 12.1 Å². The largest absolute Gasteiger partial charge is 0.304 e. The number of nitrogens with zero attached hydrogens (tertiary/aromatic N) is 2. The summed E-state index contributed by atoms with van der Waals surface area (Å²) < 4.78 is 28.5. The highest BCUT2D eigenvalue weighted by molar-refractivity contribution is 7.89. The van der Waals surface area contributed by atoms with Gasteiger partial charge in [-0.1, -0.05) is 36.4 Å². The molecule has 1 amide bonds. The predicted octanol–water partition coefficient (Wildman–Crippen LogP) is 4.18. The van der Waals surface area contributed by atoms with Crippen molar-refractivity contribution in [1.29, 1.82) is 0 Å². The van der Waals surface area contributed by atoms with E-state index in [1.807, 2.05) is 44.2 Å². The smallest absolute Gasteiger partial charge is 0.258 e. The first kappa shape index (κ1) is 21.7. The molecule has 0 bridgehead atoms. The molecule has 0 saturated heterocycles. The second-order valence-electron chi connectivity index (χ2n) is 7.26. The Bertz CT molecular complexity index is 1100. The number of sulfonamides is 1. The normalized spacial score (nSPS) is 12.5. The van der Waals surface area contributed by atoms with E-state index in [0.29, 0.717) is 11.3 Å². The van der Waals surface area contributed by atoms with Gasteiger partial charge in [0.15, 0.2) is 0 Å². The molecule has 1 N–H and O–H groups in total. The molecule has 1 heterocycles. The predicted molar refractivity (Wildman–Crippen MR) is 118 cm³/mol. The number of amides is 1. The van der Waals surface area contributed by atoms with Crippen LogP contribution in [0, 0.1) is 0 Å². The van der Waals surface area contributed by atoms with Crippen LogP contribution in [0.5, 0.6) is 0 Å². The van der Waals surface area contributed by atoms with Crippen molar-refractivity contribution < 1.29 is 13.2 Å². The number of hydrogen-bond acceptors (Lipinski definition) is 4. The van der Waals surface area contributed by atoms with Crippen molar-refractivity contribution >= 4 is 21.6 Å². The highest BCUT2D eigenvalue weighted by atomic mass is 32.2. The molecule has 2 aromatic carbocycles. The Morgan fingerprint density at radius 3 is 2.33 bits per heavy atom. The number of carbonyl (C=O) groups is 1. The van der Waals surface area contributed by atoms with Crippen LogP contribution >= 0.6 is 0 Å². The van der Waals surface area contributed by atoms with Gasteiger partial charge in [-0.2, -0.15) is 0 Å². The van der Waals surface area contributed by atoms with Crippen molar-refractivity contribution in [2.75, 3.05) is 4.90 Å². The van der Waals surface area contributed by atoms with Crippen LogP contribution in [0.3, 0.4) is 0 Å². The number of benzene rings is 2. The lowest BCUT2D eigenvalue weighted by Crippen LogP contribution is -2.37. The molecule has 6 nitrogen and oxygen atoms in total. The molecule has 1 aromatic heterocycles. The van der Waals surface area contributed by atoms with E-state index in [2.05, 4.69) is 9.71 Å². The van der Waals surface area contributed by atoms with E-state index in [-0.39, 0.29) is 16.8 Å². The van der Waals surface area contributed by atoms with Crippen molar-refractivity contribution in [3.63, 3.8) is 0 Å². The first-order valence-electron chi connectivity index (χ1n) is 9.70. The van der Waals surface area contributed by atoms with Gasteiger partial charge in [0.1, 0.15) is 0 Å². The molecule has 0 aliphatic carbocycles. The second-order valence-corrected chi connectivity index (χ2v) is 8.98. The number of pyridine rings is 1. The van der Waals surface area contributed by atoms with E-state index < -0.39 is 16.1 Å². The van der Waals surface area contributed by atoms with E-state index in [4.69, 9.17) is 0 Å². The quantitative estimate of drug-likeness (QED) is 0.618. The fourth-order valence-corrected chi connectivity index (χ4v) is 4.47. The molecule has 30 heavy (non-hydrogen) atoms. The molecule has 0 radical (unpaired) electrons. The van der Waals surface area contributed by atoms with Crippen LogP contribution in [0.25, 0.3) is 0 Å². The van der Waals surface area contributed by atoms with Gasteiger partial charge in [-0.05, 0) is 56.7 Å². The summed E-state index contributed by atoms with van der Waals surface area (Å²) in [4.78, 5) is 18.9. The minimum Gasteiger partial charge on any atom is -0.304 e. The molecule has 7 heteroatoms. The molecule has 0 aliphatic rings. The van der Waals surface area contributed by atoms with E-state index in [1.54, 1.807) is 48.5 Å². The average molecular weight is 424 g/mol. The molecule has 1 atom stereocenters. The maximum absolute atomic E-state index is 13.2. The molecular formula is C23H25N3O3S. The van der Waals surface area contributed by atoms with Gasteiger partial charge in [0.05, 0.1) is 16.8 Å². The van der Waals surface area contributed by atoms with Crippen LogP contribution < -0.4 is 9.62 Å². The van der Waals surface area contributed by atoms with Crippen molar-refractivity contribution in [3.8, 4) is 0 Å². The summed E-state index contributed by atoms with van der Waals surface area (Å²) in [5, 5.41) is 0. The van der Waals surface area contributed by atoms with Crippen LogP contribution in [-0.4, -0.2) is 25.4 Å². The Balaban J connectivity index is 1.88. The maximum Gasteiger partial charge on any atom is 0.258 e. The summed E-state index contributed by atoms with van der Waals surface area (Å²) in [6.07, 6.45) is 3.25. The number of carbonyl (C=O) groups excluding carboxylic acids is 1. The highest BCUT2D eigenvalue weighted by Crippen LogP contribution is 2.22.